The first-order chi connectivity index (χ1) is 3.27. The van der Waals surface area contributed by atoms with E-state index < -0.39 is 6.30 Å². The third-order valence-corrected chi connectivity index (χ3v) is 0.684. The Labute approximate surface area is 42.7 Å². The van der Waals surface area contributed by atoms with E-state index in [1.54, 1.807) is 0 Å². The summed E-state index contributed by atoms with van der Waals surface area (Å²) in [5.74, 6) is 0. The van der Waals surface area contributed by atoms with E-state index in [-0.39, 0.29) is 0 Å². The normalized spacial score (nSPS) is 14.1. The van der Waals surface area contributed by atoms with Crippen LogP contribution in [-0.2, 0) is 0 Å². The molecule has 0 saturated heterocycles. The Morgan fingerprint density at radius 3 is 2.29 bits per heavy atom. The van der Waals surface area contributed by atoms with Crippen LogP contribution in [0.5, 0.6) is 0 Å². The van der Waals surface area contributed by atoms with Crippen LogP contribution in [0, 0.1) is 0 Å². The molecule has 4 N–H and O–H groups in total. The summed E-state index contributed by atoms with van der Waals surface area (Å²) in [4.78, 5) is 0. The summed E-state index contributed by atoms with van der Waals surface area (Å²) in [5, 5.41) is 0. The molecule has 0 bridgehead atoms. The molecule has 0 aromatic heterocycles. The van der Waals surface area contributed by atoms with E-state index in [0.29, 0.717) is 19.4 Å². The molecule has 1 unspecified atom stereocenters. The molecule has 0 radical (unpaired) electrons. The molecular formula is C4H11FN2. The number of alkyl halides is 1. The molecule has 0 saturated carbocycles. The van der Waals surface area contributed by atoms with Gasteiger partial charge in [0.05, 0.1) is 0 Å². The minimum absolute atomic E-state index is 0.385. The summed E-state index contributed by atoms with van der Waals surface area (Å²) in [5.41, 5.74) is 9.81. The fourth-order valence-electron chi connectivity index (χ4n) is 0.313. The average Bonchev–Trinajstić information content (AvgIpc) is 1.61. The number of halogens is 1. The van der Waals surface area contributed by atoms with E-state index in [0.717, 1.165) is 0 Å². The van der Waals surface area contributed by atoms with Crippen LogP contribution in [0.25, 0.3) is 0 Å². The minimum atomic E-state index is -1.18. The fourth-order valence-corrected chi connectivity index (χ4v) is 0.313. The summed E-state index contributed by atoms with van der Waals surface area (Å²) in [6.45, 7) is 0.525. The van der Waals surface area contributed by atoms with Crippen LogP contribution in [0.15, 0.2) is 0 Å². The van der Waals surface area contributed by atoms with Crippen LogP contribution >= 0.6 is 0 Å². The average molecular weight is 106 g/mol. The SMILES string of the molecule is NCCCC(N)F. The standard InChI is InChI=1S/C4H11FN2/c5-4(7)2-1-3-6/h4H,1-3,6-7H2. The minimum Gasteiger partial charge on any atom is -0.330 e. The van der Waals surface area contributed by atoms with Crippen LogP contribution in [-0.4, -0.2) is 12.8 Å². The van der Waals surface area contributed by atoms with Gasteiger partial charge >= 0.3 is 0 Å². The summed E-state index contributed by atoms with van der Waals surface area (Å²) in [6.07, 6.45) is -0.114. The second-order valence-corrected chi connectivity index (χ2v) is 1.45. The van der Waals surface area contributed by atoms with Gasteiger partial charge in [0, 0.05) is 0 Å². The Kier molecular flexibility index (Phi) is 3.93. The highest BCUT2D eigenvalue weighted by Gasteiger charge is 1.93. The highest BCUT2D eigenvalue weighted by atomic mass is 19.1. The van der Waals surface area contributed by atoms with E-state index in [9.17, 15) is 4.39 Å². The van der Waals surface area contributed by atoms with Crippen molar-refractivity contribution in [3.63, 3.8) is 0 Å². The molecule has 0 aromatic carbocycles. The molecule has 0 aliphatic heterocycles. The summed E-state index contributed by atoms with van der Waals surface area (Å²) in [6, 6.07) is 0. The van der Waals surface area contributed by atoms with Gasteiger partial charge in [-0.1, -0.05) is 0 Å². The molecule has 1 atom stereocenters. The second kappa shape index (κ2) is 4.02. The van der Waals surface area contributed by atoms with E-state index in [2.05, 4.69) is 0 Å². The number of nitrogens with two attached hydrogens (primary N) is 2. The number of hydrogen-bond acceptors (Lipinski definition) is 2. The van der Waals surface area contributed by atoms with E-state index >= 15 is 0 Å². The Morgan fingerprint density at radius 1 is 1.57 bits per heavy atom. The van der Waals surface area contributed by atoms with Gasteiger partial charge in [0.2, 0.25) is 0 Å². The first-order valence-corrected chi connectivity index (χ1v) is 2.37. The van der Waals surface area contributed by atoms with E-state index in [1.807, 2.05) is 0 Å². The largest absolute Gasteiger partial charge is 0.330 e. The number of hydrogen-bond donors (Lipinski definition) is 2. The molecule has 0 aliphatic rings. The lowest BCUT2D eigenvalue weighted by Gasteiger charge is -1.95. The molecule has 7 heavy (non-hydrogen) atoms. The van der Waals surface area contributed by atoms with Crippen molar-refractivity contribution >= 4 is 0 Å². The molecule has 0 fully saturated rings. The summed E-state index contributed by atoms with van der Waals surface area (Å²) >= 11 is 0. The molecule has 0 spiro atoms. The quantitative estimate of drug-likeness (QED) is 0.497. The maximum Gasteiger partial charge on any atom is 0.148 e. The lowest BCUT2D eigenvalue weighted by atomic mass is 10.3. The third-order valence-electron chi connectivity index (χ3n) is 0.684. The van der Waals surface area contributed by atoms with Gasteiger partial charge in [-0.05, 0) is 19.4 Å². The molecule has 2 nitrogen and oxygen atoms in total. The van der Waals surface area contributed by atoms with Crippen LogP contribution in [0.2, 0.25) is 0 Å². The van der Waals surface area contributed by atoms with Crippen LogP contribution in [0.1, 0.15) is 12.8 Å². The van der Waals surface area contributed by atoms with E-state index in [1.165, 1.54) is 0 Å². The molecule has 44 valence electrons. The van der Waals surface area contributed by atoms with Gasteiger partial charge in [-0.25, -0.2) is 4.39 Å². The highest BCUT2D eigenvalue weighted by Crippen LogP contribution is 1.90. The maximum absolute atomic E-state index is 11.6. The van der Waals surface area contributed by atoms with Gasteiger partial charge in [-0.15, -0.1) is 0 Å². The Balaban J connectivity index is 2.68. The lowest BCUT2D eigenvalue weighted by Crippen LogP contribution is -2.14. The van der Waals surface area contributed by atoms with Crippen molar-refractivity contribution in [2.24, 2.45) is 11.5 Å². The topological polar surface area (TPSA) is 52.0 Å². The monoisotopic (exact) mass is 106 g/mol. The first-order valence-electron chi connectivity index (χ1n) is 2.37. The van der Waals surface area contributed by atoms with Gasteiger partial charge in [0.15, 0.2) is 0 Å². The van der Waals surface area contributed by atoms with Crippen molar-refractivity contribution < 1.29 is 4.39 Å². The lowest BCUT2D eigenvalue weighted by molar-refractivity contribution is 0.319. The maximum atomic E-state index is 11.6. The van der Waals surface area contributed by atoms with Gasteiger partial charge in [0.25, 0.3) is 0 Å². The molecule has 0 aromatic rings. The zero-order valence-electron chi connectivity index (χ0n) is 4.23. The molecule has 0 amide bonds. The van der Waals surface area contributed by atoms with Crippen molar-refractivity contribution in [3.05, 3.63) is 0 Å². The van der Waals surface area contributed by atoms with Gasteiger partial charge in [-0.2, -0.15) is 0 Å². The Hall–Kier alpha value is -0.150. The van der Waals surface area contributed by atoms with E-state index in [4.69, 9.17) is 11.5 Å². The summed E-state index contributed by atoms with van der Waals surface area (Å²) in [7, 11) is 0. The molecule has 0 heterocycles. The zero-order valence-corrected chi connectivity index (χ0v) is 4.23. The summed E-state index contributed by atoms with van der Waals surface area (Å²) < 4.78 is 11.6. The molecular weight excluding hydrogens is 95.1 g/mol. The second-order valence-electron chi connectivity index (χ2n) is 1.45. The van der Waals surface area contributed by atoms with Crippen molar-refractivity contribution in [2.75, 3.05) is 6.54 Å². The van der Waals surface area contributed by atoms with Crippen molar-refractivity contribution in [1.29, 1.82) is 0 Å². The van der Waals surface area contributed by atoms with Crippen molar-refractivity contribution in [1.82, 2.24) is 0 Å². The molecule has 0 aliphatic carbocycles. The van der Waals surface area contributed by atoms with Crippen LogP contribution in [0.3, 0.4) is 0 Å². The molecule has 0 rings (SSSR count). The Bertz CT molecular complexity index is 38.7. The van der Waals surface area contributed by atoms with Gasteiger partial charge in [0.1, 0.15) is 6.30 Å². The third kappa shape index (κ3) is 5.85. The predicted molar refractivity (Wildman–Crippen MR) is 27.4 cm³/mol. The first kappa shape index (κ1) is 6.85. The van der Waals surface area contributed by atoms with Gasteiger partial charge < -0.3 is 11.5 Å². The number of rotatable bonds is 3. The van der Waals surface area contributed by atoms with Gasteiger partial charge in [-0.3, -0.25) is 0 Å². The smallest absolute Gasteiger partial charge is 0.148 e. The Morgan fingerprint density at radius 2 is 2.14 bits per heavy atom. The predicted octanol–water partition coefficient (Wildman–Crippen LogP) is -0.0204. The highest BCUT2D eigenvalue weighted by molar-refractivity contribution is 4.44. The molecule has 3 heteroatoms. The van der Waals surface area contributed by atoms with Crippen molar-refractivity contribution in [2.45, 2.75) is 19.1 Å². The fraction of sp³-hybridized carbons (Fsp3) is 1.00. The van der Waals surface area contributed by atoms with Crippen LogP contribution < -0.4 is 11.5 Å². The van der Waals surface area contributed by atoms with Crippen molar-refractivity contribution in [3.8, 4) is 0 Å². The zero-order chi connectivity index (χ0) is 5.70. The van der Waals surface area contributed by atoms with Crippen LogP contribution in [0.4, 0.5) is 4.39 Å².